The highest BCUT2D eigenvalue weighted by molar-refractivity contribution is 6.30. The van der Waals surface area contributed by atoms with Gasteiger partial charge in [-0.15, -0.1) is 0 Å². The van der Waals surface area contributed by atoms with Gasteiger partial charge in [0.1, 0.15) is 11.5 Å². The Morgan fingerprint density at radius 1 is 0.960 bits per heavy atom. The normalized spacial score (nSPS) is 10.9. The van der Waals surface area contributed by atoms with E-state index in [2.05, 4.69) is 0 Å². The smallest absolute Gasteiger partial charge is 0.350 e. The summed E-state index contributed by atoms with van der Waals surface area (Å²) >= 11 is 5.81. The molecule has 0 saturated carbocycles. The van der Waals surface area contributed by atoms with Gasteiger partial charge in [-0.1, -0.05) is 11.6 Å². The maximum Gasteiger partial charge on any atom is 0.350 e. The number of rotatable bonds is 7. The van der Waals surface area contributed by atoms with Crippen LogP contribution in [0.2, 0.25) is 5.02 Å². The van der Waals surface area contributed by atoms with Crippen LogP contribution in [0.3, 0.4) is 0 Å². The molecule has 0 atom stereocenters. The first kappa shape index (κ1) is 18.8. The van der Waals surface area contributed by atoms with E-state index in [1.54, 1.807) is 69.5 Å². The summed E-state index contributed by atoms with van der Waals surface area (Å²) in [6, 6.07) is 13.2. The number of ether oxygens (including phenoxy) is 3. The van der Waals surface area contributed by atoms with Gasteiger partial charge in [-0.05, 0) is 62.4 Å². The number of carbonyl (C=O) groups is 2. The van der Waals surface area contributed by atoms with E-state index in [-0.39, 0.29) is 12.4 Å². The fourth-order valence-electron chi connectivity index (χ4n) is 2.00. The van der Waals surface area contributed by atoms with Crippen LogP contribution < -0.4 is 9.47 Å². The molecule has 25 heavy (non-hydrogen) atoms. The monoisotopic (exact) mass is 362 g/mol. The first-order valence-corrected chi connectivity index (χ1v) is 7.98. The van der Waals surface area contributed by atoms with Gasteiger partial charge in [0.05, 0.1) is 7.11 Å². The van der Waals surface area contributed by atoms with Crippen molar-refractivity contribution < 1.29 is 23.8 Å². The molecule has 2 aromatic carbocycles. The fourth-order valence-corrected chi connectivity index (χ4v) is 2.13. The van der Waals surface area contributed by atoms with Gasteiger partial charge in [-0.2, -0.15) is 0 Å². The number of methoxy groups -OCH3 is 1. The maximum atomic E-state index is 12.2. The number of benzene rings is 2. The molecule has 0 saturated heterocycles. The minimum atomic E-state index is -1.24. The fraction of sp³-hybridized carbons (Fsp3) is 0.263. The molecule has 6 heteroatoms. The van der Waals surface area contributed by atoms with E-state index in [0.717, 1.165) is 0 Å². The Labute approximate surface area is 151 Å². The molecule has 0 aromatic heterocycles. The minimum Gasteiger partial charge on any atom is -0.497 e. The molecule has 0 heterocycles. The van der Waals surface area contributed by atoms with Crippen LogP contribution >= 0.6 is 11.6 Å². The molecular formula is C19H19ClO5. The Kier molecular flexibility index (Phi) is 6.04. The molecule has 0 unspecified atom stereocenters. The minimum absolute atomic E-state index is 0.307. The van der Waals surface area contributed by atoms with E-state index < -0.39 is 11.6 Å². The predicted octanol–water partition coefficient (Wildman–Crippen LogP) is 3.93. The van der Waals surface area contributed by atoms with Crippen molar-refractivity contribution in [1.29, 1.82) is 0 Å². The second-order valence-electron chi connectivity index (χ2n) is 5.79. The van der Waals surface area contributed by atoms with Crippen molar-refractivity contribution in [3.63, 3.8) is 0 Å². The van der Waals surface area contributed by atoms with Crippen LogP contribution in [-0.2, 0) is 9.53 Å². The lowest BCUT2D eigenvalue weighted by atomic mass is 10.1. The lowest BCUT2D eigenvalue weighted by molar-refractivity contribution is -0.158. The molecule has 2 rings (SSSR count). The molecule has 0 aliphatic heterocycles. The van der Waals surface area contributed by atoms with Gasteiger partial charge in [0.15, 0.2) is 18.0 Å². The highest BCUT2D eigenvalue weighted by atomic mass is 35.5. The summed E-state index contributed by atoms with van der Waals surface area (Å²) in [7, 11) is 1.54. The molecule has 0 amide bonds. The highest BCUT2D eigenvalue weighted by Crippen LogP contribution is 2.22. The molecule has 0 N–H and O–H groups in total. The summed E-state index contributed by atoms with van der Waals surface area (Å²) in [6.45, 7) is 2.78. The zero-order valence-corrected chi connectivity index (χ0v) is 15.0. The second-order valence-corrected chi connectivity index (χ2v) is 6.23. The largest absolute Gasteiger partial charge is 0.497 e. The Hall–Kier alpha value is -2.53. The Balaban J connectivity index is 1.93. The molecule has 0 aliphatic carbocycles. The van der Waals surface area contributed by atoms with Crippen molar-refractivity contribution in [2.45, 2.75) is 19.4 Å². The van der Waals surface area contributed by atoms with Crippen molar-refractivity contribution in [2.24, 2.45) is 0 Å². The molecular weight excluding hydrogens is 344 g/mol. The van der Waals surface area contributed by atoms with Gasteiger partial charge in [-0.3, -0.25) is 4.79 Å². The van der Waals surface area contributed by atoms with Crippen molar-refractivity contribution in [3.8, 4) is 11.5 Å². The third-order valence-electron chi connectivity index (χ3n) is 3.42. The third kappa shape index (κ3) is 5.22. The zero-order valence-electron chi connectivity index (χ0n) is 14.2. The van der Waals surface area contributed by atoms with Crippen LogP contribution in [-0.4, -0.2) is 31.1 Å². The number of halogens is 1. The number of ketones is 1. The Morgan fingerprint density at radius 3 is 2.08 bits per heavy atom. The summed E-state index contributed by atoms with van der Waals surface area (Å²) in [5.74, 6) is 0.182. The van der Waals surface area contributed by atoms with Crippen LogP contribution in [0.5, 0.6) is 11.5 Å². The first-order valence-electron chi connectivity index (χ1n) is 7.61. The van der Waals surface area contributed by atoms with E-state index in [1.165, 1.54) is 0 Å². The average molecular weight is 363 g/mol. The van der Waals surface area contributed by atoms with Gasteiger partial charge < -0.3 is 14.2 Å². The molecule has 5 nitrogen and oxygen atoms in total. The van der Waals surface area contributed by atoms with Gasteiger partial charge in [0.2, 0.25) is 0 Å². The maximum absolute atomic E-state index is 12.2. The highest BCUT2D eigenvalue weighted by Gasteiger charge is 2.32. The topological polar surface area (TPSA) is 61.8 Å². The quantitative estimate of drug-likeness (QED) is 0.551. The molecule has 0 spiro atoms. The lowest BCUT2D eigenvalue weighted by Crippen LogP contribution is -2.40. The average Bonchev–Trinajstić information content (AvgIpc) is 2.61. The molecule has 0 bridgehead atoms. The van der Waals surface area contributed by atoms with Crippen molar-refractivity contribution >= 4 is 23.4 Å². The van der Waals surface area contributed by atoms with E-state index in [0.29, 0.717) is 22.1 Å². The number of Topliss-reactive ketones (excluding diaryl/α,β-unsaturated/α-hetero) is 1. The molecule has 132 valence electrons. The summed E-state index contributed by atoms with van der Waals surface area (Å²) < 4.78 is 15.8. The van der Waals surface area contributed by atoms with Gasteiger partial charge in [-0.25, -0.2) is 4.79 Å². The van der Waals surface area contributed by atoms with Gasteiger partial charge in [0, 0.05) is 10.6 Å². The first-order chi connectivity index (χ1) is 11.8. The van der Waals surface area contributed by atoms with E-state index in [1.807, 2.05) is 0 Å². The molecule has 0 radical (unpaired) electrons. The summed E-state index contributed by atoms with van der Waals surface area (Å²) in [5.41, 5.74) is -0.807. The number of carbonyl (C=O) groups excluding carboxylic acids is 2. The van der Waals surface area contributed by atoms with E-state index >= 15 is 0 Å². The summed E-state index contributed by atoms with van der Waals surface area (Å²) in [6.07, 6.45) is 0. The summed E-state index contributed by atoms with van der Waals surface area (Å²) in [4.78, 5) is 24.3. The lowest BCUT2D eigenvalue weighted by Gasteiger charge is -2.24. The standard InChI is InChI=1S/C19H19ClO5/c1-19(2,25-16-10-6-14(20)7-11-16)18(22)24-12-17(21)13-4-8-15(23-3)9-5-13/h4-11H,12H2,1-3H3. The Morgan fingerprint density at radius 2 is 1.52 bits per heavy atom. The Bertz CT molecular complexity index is 735. The van der Waals surface area contributed by atoms with Crippen LogP contribution in [0.1, 0.15) is 24.2 Å². The van der Waals surface area contributed by atoms with Crippen molar-refractivity contribution in [3.05, 3.63) is 59.1 Å². The predicted molar refractivity (Wildman–Crippen MR) is 94.4 cm³/mol. The third-order valence-corrected chi connectivity index (χ3v) is 3.68. The zero-order chi connectivity index (χ0) is 18.4. The second kappa shape index (κ2) is 8.03. The van der Waals surface area contributed by atoms with E-state index in [4.69, 9.17) is 25.8 Å². The molecule has 2 aromatic rings. The number of esters is 1. The number of hydrogen-bond acceptors (Lipinski definition) is 5. The van der Waals surface area contributed by atoms with Crippen molar-refractivity contribution in [2.75, 3.05) is 13.7 Å². The molecule has 0 aliphatic rings. The van der Waals surface area contributed by atoms with Crippen LogP contribution in [0.25, 0.3) is 0 Å². The summed E-state index contributed by atoms with van der Waals surface area (Å²) in [5, 5.41) is 0.567. The van der Waals surface area contributed by atoms with Crippen molar-refractivity contribution in [1.82, 2.24) is 0 Å². The van der Waals surface area contributed by atoms with Crippen LogP contribution in [0, 0.1) is 0 Å². The SMILES string of the molecule is COc1ccc(C(=O)COC(=O)C(C)(C)Oc2ccc(Cl)cc2)cc1. The van der Waals surface area contributed by atoms with Gasteiger partial charge in [0.25, 0.3) is 0 Å². The molecule has 0 fully saturated rings. The van der Waals surface area contributed by atoms with Gasteiger partial charge >= 0.3 is 5.97 Å². The van der Waals surface area contributed by atoms with E-state index in [9.17, 15) is 9.59 Å². The van der Waals surface area contributed by atoms with Crippen LogP contribution in [0.4, 0.5) is 0 Å². The van der Waals surface area contributed by atoms with Crippen LogP contribution in [0.15, 0.2) is 48.5 Å². The number of hydrogen-bond donors (Lipinski definition) is 0.